The quantitative estimate of drug-likeness (QED) is 0.779. The van der Waals surface area contributed by atoms with Crippen molar-refractivity contribution in [1.29, 1.82) is 0 Å². The van der Waals surface area contributed by atoms with Gasteiger partial charge in [-0.15, -0.1) is 5.10 Å². The van der Waals surface area contributed by atoms with Crippen LogP contribution in [0.5, 0.6) is 0 Å². The van der Waals surface area contributed by atoms with Crippen molar-refractivity contribution < 1.29 is 18.7 Å². The van der Waals surface area contributed by atoms with Crippen molar-refractivity contribution in [1.82, 2.24) is 15.0 Å². The van der Waals surface area contributed by atoms with Crippen molar-refractivity contribution in [2.45, 2.75) is 0 Å². The van der Waals surface area contributed by atoms with Gasteiger partial charge in [0.2, 0.25) is 0 Å². The summed E-state index contributed by atoms with van der Waals surface area (Å²) in [4.78, 5) is 10.9. The molecule has 0 unspecified atom stereocenters. The first kappa shape index (κ1) is 12.2. The van der Waals surface area contributed by atoms with E-state index in [-0.39, 0.29) is 16.8 Å². The average Bonchev–Trinajstić information content (AvgIpc) is 2.84. The lowest BCUT2D eigenvalue weighted by Crippen LogP contribution is -2.02. The molecule has 0 saturated heterocycles. The normalized spacial score (nSPS) is 10.9. The zero-order valence-electron chi connectivity index (χ0n) is 9.92. The van der Waals surface area contributed by atoms with Crippen molar-refractivity contribution in [2.24, 2.45) is 0 Å². The third kappa shape index (κ3) is 1.80. The Labute approximate surface area is 111 Å². The van der Waals surface area contributed by atoms with Crippen LogP contribution in [-0.4, -0.2) is 26.1 Å². The molecule has 5 nitrogen and oxygen atoms in total. The van der Waals surface area contributed by atoms with Crippen LogP contribution in [0.25, 0.3) is 16.7 Å². The van der Waals surface area contributed by atoms with Gasteiger partial charge in [-0.3, -0.25) is 0 Å². The van der Waals surface area contributed by atoms with Crippen molar-refractivity contribution in [2.75, 3.05) is 0 Å². The molecule has 0 spiro atoms. The molecule has 0 atom stereocenters. The minimum atomic E-state index is -1.10. The van der Waals surface area contributed by atoms with Crippen LogP contribution in [0.15, 0.2) is 36.4 Å². The van der Waals surface area contributed by atoms with Gasteiger partial charge in [-0.2, -0.15) is 0 Å². The first-order chi connectivity index (χ1) is 9.58. The topological polar surface area (TPSA) is 68.0 Å². The number of halogens is 2. The Hall–Kier alpha value is -2.83. The molecule has 1 heterocycles. The highest BCUT2D eigenvalue weighted by molar-refractivity contribution is 5.92. The monoisotopic (exact) mass is 275 g/mol. The fraction of sp³-hybridized carbons (Fsp3) is 0. The van der Waals surface area contributed by atoms with E-state index >= 15 is 0 Å². The predicted octanol–water partition coefficient (Wildman–Crippen LogP) is 2.40. The lowest BCUT2D eigenvalue weighted by molar-refractivity contribution is 0.0697. The highest BCUT2D eigenvalue weighted by Gasteiger charge is 2.15. The Morgan fingerprint density at radius 3 is 2.75 bits per heavy atom. The van der Waals surface area contributed by atoms with Gasteiger partial charge in [-0.1, -0.05) is 11.3 Å². The fourth-order valence-corrected chi connectivity index (χ4v) is 1.89. The number of benzene rings is 2. The molecule has 3 aromatic rings. The summed E-state index contributed by atoms with van der Waals surface area (Å²) < 4.78 is 28.1. The van der Waals surface area contributed by atoms with Crippen molar-refractivity contribution in [3.05, 3.63) is 53.6 Å². The minimum absolute atomic E-state index is 0.0456. The van der Waals surface area contributed by atoms with Gasteiger partial charge in [-0.05, 0) is 30.3 Å². The van der Waals surface area contributed by atoms with Gasteiger partial charge < -0.3 is 5.11 Å². The van der Waals surface area contributed by atoms with Crippen LogP contribution in [0.3, 0.4) is 0 Å². The summed E-state index contributed by atoms with van der Waals surface area (Å²) in [6, 6.07) is 7.83. The minimum Gasteiger partial charge on any atom is -0.478 e. The highest BCUT2D eigenvalue weighted by Crippen LogP contribution is 2.21. The molecule has 0 aliphatic rings. The molecule has 0 radical (unpaired) electrons. The Bertz CT molecular complexity index is 830. The van der Waals surface area contributed by atoms with Gasteiger partial charge in [0.1, 0.15) is 11.2 Å². The second kappa shape index (κ2) is 4.37. The van der Waals surface area contributed by atoms with Gasteiger partial charge in [0.15, 0.2) is 11.6 Å². The Morgan fingerprint density at radius 1 is 1.20 bits per heavy atom. The lowest BCUT2D eigenvalue weighted by atomic mass is 10.2. The maximum atomic E-state index is 13.7. The average molecular weight is 275 g/mol. The molecule has 0 bridgehead atoms. The largest absolute Gasteiger partial charge is 0.478 e. The summed E-state index contributed by atoms with van der Waals surface area (Å²) >= 11 is 0. The van der Waals surface area contributed by atoms with E-state index in [0.717, 1.165) is 10.7 Å². The van der Waals surface area contributed by atoms with E-state index < -0.39 is 17.6 Å². The summed E-state index contributed by atoms with van der Waals surface area (Å²) in [7, 11) is 0. The number of aromatic carboxylic acids is 1. The van der Waals surface area contributed by atoms with Gasteiger partial charge in [0, 0.05) is 0 Å². The Balaban J connectivity index is 2.23. The van der Waals surface area contributed by atoms with E-state index in [9.17, 15) is 13.6 Å². The Morgan fingerprint density at radius 2 is 2.00 bits per heavy atom. The predicted molar refractivity (Wildman–Crippen MR) is 65.7 cm³/mol. The number of carboxylic acids is 1. The number of carbonyl (C=O) groups is 1. The molecule has 0 saturated carbocycles. The number of nitrogens with zero attached hydrogens (tertiary/aromatic N) is 3. The van der Waals surface area contributed by atoms with Gasteiger partial charge in [-0.25, -0.2) is 18.3 Å². The van der Waals surface area contributed by atoms with Crippen molar-refractivity contribution >= 4 is 17.0 Å². The molecule has 0 fully saturated rings. The van der Waals surface area contributed by atoms with E-state index in [1.54, 1.807) is 0 Å². The first-order valence-corrected chi connectivity index (χ1v) is 5.61. The smallest absolute Gasteiger partial charge is 0.335 e. The van der Waals surface area contributed by atoms with E-state index in [2.05, 4.69) is 10.3 Å². The maximum absolute atomic E-state index is 13.7. The van der Waals surface area contributed by atoms with Crippen molar-refractivity contribution in [3.63, 3.8) is 0 Å². The zero-order valence-corrected chi connectivity index (χ0v) is 9.92. The molecule has 0 aliphatic heterocycles. The number of aromatic nitrogens is 3. The molecule has 7 heteroatoms. The third-order valence-corrected chi connectivity index (χ3v) is 2.85. The lowest BCUT2D eigenvalue weighted by Gasteiger charge is -2.04. The number of carboxylic acid groups (broad SMARTS) is 1. The van der Waals surface area contributed by atoms with E-state index in [1.807, 2.05) is 0 Å². The van der Waals surface area contributed by atoms with Crippen LogP contribution in [-0.2, 0) is 0 Å². The fourth-order valence-electron chi connectivity index (χ4n) is 1.89. The number of hydrogen-bond donors (Lipinski definition) is 1. The van der Waals surface area contributed by atoms with E-state index in [4.69, 9.17) is 5.11 Å². The molecule has 2 aromatic carbocycles. The molecule has 1 aromatic heterocycles. The zero-order chi connectivity index (χ0) is 14.3. The van der Waals surface area contributed by atoms with E-state index in [0.29, 0.717) is 5.52 Å². The summed E-state index contributed by atoms with van der Waals surface area (Å²) in [6.45, 7) is 0. The highest BCUT2D eigenvalue weighted by atomic mass is 19.2. The molecule has 1 N–H and O–H groups in total. The third-order valence-electron chi connectivity index (χ3n) is 2.85. The SMILES string of the molecule is O=C(O)c1ccc2c(c1)nnn2-c1cccc(F)c1F. The second-order valence-electron chi connectivity index (χ2n) is 4.08. The van der Waals surface area contributed by atoms with E-state index in [1.165, 1.54) is 30.3 Å². The molecule has 100 valence electrons. The second-order valence-corrected chi connectivity index (χ2v) is 4.08. The number of fused-ring (bicyclic) bond motifs is 1. The molecule has 20 heavy (non-hydrogen) atoms. The van der Waals surface area contributed by atoms with Gasteiger partial charge in [0.05, 0.1) is 11.1 Å². The van der Waals surface area contributed by atoms with Gasteiger partial charge >= 0.3 is 5.97 Å². The van der Waals surface area contributed by atoms with Crippen molar-refractivity contribution in [3.8, 4) is 5.69 Å². The van der Waals surface area contributed by atoms with Gasteiger partial charge in [0.25, 0.3) is 0 Å². The first-order valence-electron chi connectivity index (χ1n) is 5.61. The van der Waals surface area contributed by atoms with Crippen LogP contribution in [0, 0.1) is 11.6 Å². The summed E-state index contributed by atoms with van der Waals surface area (Å²) in [5, 5.41) is 16.4. The summed E-state index contributed by atoms with van der Waals surface area (Å²) in [5.41, 5.74) is 0.632. The number of rotatable bonds is 2. The van der Waals surface area contributed by atoms with Crippen LogP contribution < -0.4 is 0 Å². The summed E-state index contributed by atoms with van der Waals surface area (Å²) in [6.07, 6.45) is 0. The molecule has 3 rings (SSSR count). The molecular formula is C13H7F2N3O2. The Kier molecular flexibility index (Phi) is 2.67. The molecule has 0 amide bonds. The van der Waals surface area contributed by atoms with Crippen LogP contribution in [0.4, 0.5) is 8.78 Å². The summed E-state index contributed by atoms with van der Waals surface area (Å²) in [5.74, 6) is -3.13. The van der Waals surface area contributed by atoms with Crippen LogP contribution >= 0.6 is 0 Å². The van der Waals surface area contributed by atoms with Crippen LogP contribution in [0.2, 0.25) is 0 Å². The molecular weight excluding hydrogens is 268 g/mol. The standard InChI is InChI=1S/C13H7F2N3O2/c14-8-2-1-3-11(12(8)15)18-10-5-4-7(13(19)20)6-9(10)16-17-18/h1-6H,(H,19,20). The van der Waals surface area contributed by atoms with Crippen LogP contribution in [0.1, 0.15) is 10.4 Å². The number of hydrogen-bond acceptors (Lipinski definition) is 3. The maximum Gasteiger partial charge on any atom is 0.335 e. The molecule has 0 aliphatic carbocycles.